The molecule has 158 valence electrons. The summed E-state index contributed by atoms with van der Waals surface area (Å²) < 4.78 is 43.2. The lowest BCUT2D eigenvalue weighted by atomic mass is 10.0. The van der Waals surface area contributed by atoms with Crippen molar-refractivity contribution in [2.45, 2.75) is 39.6 Å². The number of carbonyl (C=O) groups excluding carboxylic acids is 1. The third-order valence-corrected chi connectivity index (χ3v) is 4.86. The number of allylic oxidation sites excluding steroid dienone is 1. The number of anilines is 1. The van der Waals surface area contributed by atoms with Crippen LogP contribution >= 0.6 is 0 Å². The Hall–Kier alpha value is -3.22. The number of halogens is 3. The Morgan fingerprint density at radius 1 is 1.23 bits per heavy atom. The molecule has 1 heterocycles. The normalized spacial score (nSPS) is 11.7. The molecule has 30 heavy (non-hydrogen) atoms. The van der Waals surface area contributed by atoms with E-state index in [-0.39, 0.29) is 5.69 Å². The maximum Gasteiger partial charge on any atom is 0.573 e. The van der Waals surface area contributed by atoms with E-state index in [2.05, 4.69) is 36.5 Å². The van der Waals surface area contributed by atoms with Crippen molar-refractivity contribution in [3.8, 4) is 5.75 Å². The maximum atomic E-state index is 13.1. The van der Waals surface area contributed by atoms with Gasteiger partial charge in [-0.05, 0) is 48.2 Å². The summed E-state index contributed by atoms with van der Waals surface area (Å²) in [5.74, 6) is -0.476. The molecule has 0 unspecified atom stereocenters. The van der Waals surface area contributed by atoms with Crippen molar-refractivity contribution in [1.29, 1.82) is 0 Å². The molecule has 7 heteroatoms. The van der Waals surface area contributed by atoms with E-state index >= 15 is 0 Å². The molecular weight excluding hydrogens is 393 g/mol. The number of nitrogens with zero attached hydrogens (tertiary/aromatic N) is 1. The third kappa shape index (κ3) is 4.50. The Bertz CT molecular complexity index is 1100. The molecule has 0 saturated carbocycles. The zero-order valence-electron chi connectivity index (χ0n) is 17.0. The topological polar surface area (TPSA) is 43.3 Å². The number of hydrogen-bond acceptors (Lipinski definition) is 2. The Morgan fingerprint density at radius 2 is 1.97 bits per heavy atom. The summed E-state index contributed by atoms with van der Waals surface area (Å²) in [4.78, 5) is 13.1. The summed E-state index contributed by atoms with van der Waals surface area (Å²) in [5, 5.41) is 3.64. The average molecular weight is 416 g/mol. The quantitative estimate of drug-likeness (QED) is 0.472. The van der Waals surface area contributed by atoms with Crippen LogP contribution < -0.4 is 10.1 Å². The van der Waals surface area contributed by atoms with Crippen molar-refractivity contribution < 1.29 is 22.7 Å². The van der Waals surface area contributed by atoms with Gasteiger partial charge < -0.3 is 14.6 Å². The molecule has 0 atom stereocenters. The number of carbonyl (C=O) groups is 1. The standard InChI is InChI=1S/C23H23F3N2O2/c1-5-11-28-20-10-9-16(14(2)3)12-19(20)15(4)21(28)22(29)27-17-7-6-8-18(13-17)30-23(24,25)26/h5-10,12-14H,1,11H2,2-4H3,(H,27,29). The molecule has 3 aromatic rings. The van der Waals surface area contributed by atoms with Gasteiger partial charge in [-0.3, -0.25) is 4.79 Å². The Morgan fingerprint density at radius 3 is 2.60 bits per heavy atom. The minimum atomic E-state index is -4.80. The maximum absolute atomic E-state index is 13.1. The van der Waals surface area contributed by atoms with E-state index in [9.17, 15) is 18.0 Å². The van der Waals surface area contributed by atoms with E-state index in [1.807, 2.05) is 23.6 Å². The van der Waals surface area contributed by atoms with Gasteiger partial charge in [-0.2, -0.15) is 0 Å². The van der Waals surface area contributed by atoms with Crippen LogP contribution in [0.15, 0.2) is 55.1 Å². The number of aryl methyl sites for hydroxylation is 1. The van der Waals surface area contributed by atoms with Gasteiger partial charge in [0.1, 0.15) is 11.4 Å². The fourth-order valence-electron chi connectivity index (χ4n) is 3.47. The number of nitrogens with one attached hydrogen (secondary N) is 1. The monoisotopic (exact) mass is 416 g/mol. The first kappa shape index (κ1) is 21.5. The van der Waals surface area contributed by atoms with Gasteiger partial charge in [0.2, 0.25) is 0 Å². The van der Waals surface area contributed by atoms with Gasteiger partial charge in [-0.1, -0.05) is 32.1 Å². The highest BCUT2D eigenvalue weighted by atomic mass is 19.4. The first-order valence-electron chi connectivity index (χ1n) is 9.51. The Balaban J connectivity index is 2.00. The number of ether oxygens (including phenoxy) is 1. The minimum absolute atomic E-state index is 0.208. The number of aromatic nitrogens is 1. The molecule has 1 aromatic heterocycles. The first-order chi connectivity index (χ1) is 14.1. The number of benzene rings is 2. The smallest absolute Gasteiger partial charge is 0.406 e. The summed E-state index contributed by atoms with van der Waals surface area (Å²) in [6.45, 7) is 10.3. The summed E-state index contributed by atoms with van der Waals surface area (Å²) in [7, 11) is 0. The van der Waals surface area contributed by atoms with Crippen LogP contribution in [0.1, 0.15) is 41.4 Å². The summed E-state index contributed by atoms with van der Waals surface area (Å²) >= 11 is 0. The zero-order valence-corrected chi connectivity index (χ0v) is 17.0. The highest BCUT2D eigenvalue weighted by Crippen LogP contribution is 2.30. The van der Waals surface area contributed by atoms with Gasteiger partial charge in [-0.15, -0.1) is 19.8 Å². The molecule has 4 nitrogen and oxygen atoms in total. The number of fused-ring (bicyclic) bond motifs is 1. The van der Waals surface area contributed by atoms with Crippen molar-refractivity contribution in [2.24, 2.45) is 0 Å². The van der Waals surface area contributed by atoms with Gasteiger partial charge in [0.25, 0.3) is 5.91 Å². The van der Waals surface area contributed by atoms with Gasteiger partial charge in [0.15, 0.2) is 0 Å². The predicted octanol–water partition coefficient (Wildman–Crippen LogP) is 6.41. The van der Waals surface area contributed by atoms with Crippen LogP contribution in [0.5, 0.6) is 5.75 Å². The van der Waals surface area contributed by atoms with E-state index in [0.717, 1.165) is 28.1 Å². The van der Waals surface area contributed by atoms with Crippen LogP contribution in [0, 0.1) is 6.92 Å². The van der Waals surface area contributed by atoms with Crippen molar-refractivity contribution >= 4 is 22.5 Å². The van der Waals surface area contributed by atoms with E-state index in [1.165, 1.54) is 18.2 Å². The van der Waals surface area contributed by atoms with Crippen LogP contribution in [-0.4, -0.2) is 16.8 Å². The first-order valence-corrected chi connectivity index (χ1v) is 9.51. The van der Waals surface area contributed by atoms with Crippen molar-refractivity contribution in [2.75, 3.05) is 5.32 Å². The van der Waals surface area contributed by atoms with E-state index in [1.54, 1.807) is 6.08 Å². The molecule has 0 aliphatic rings. The number of amides is 1. The lowest BCUT2D eigenvalue weighted by Gasteiger charge is -2.12. The molecule has 0 aliphatic carbocycles. The van der Waals surface area contributed by atoms with Gasteiger partial charge in [-0.25, -0.2) is 0 Å². The largest absolute Gasteiger partial charge is 0.573 e. The molecule has 0 spiro atoms. The number of alkyl halides is 3. The van der Waals surface area contributed by atoms with Crippen LogP contribution in [0.3, 0.4) is 0 Å². The second-order valence-electron chi connectivity index (χ2n) is 7.33. The molecule has 0 saturated heterocycles. The summed E-state index contributed by atoms with van der Waals surface area (Å²) in [6.07, 6.45) is -3.10. The Labute approximate surface area is 173 Å². The van der Waals surface area contributed by atoms with E-state index in [0.29, 0.717) is 18.2 Å². The van der Waals surface area contributed by atoms with Gasteiger partial charge >= 0.3 is 6.36 Å². The van der Waals surface area contributed by atoms with E-state index in [4.69, 9.17) is 0 Å². The van der Waals surface area contributed by atoms with Crippen molar-refractivity contribution in [3.63, 3.8) is 0 Å². The number of rotatable bonds is 6. The molecule has 0 bridgehead atoms. The van der Waals surface area contributed by atoms with Crippen LogP contribution in [-0.2, 0) is 6.54 Å². The number of hydrogen-bond donors (Lipinski definition) is 1. The van der Waals surface area contributed by atoms with Crippen molar-refractivity contribution in [3.05, 3.63) is 71.9 Å². The van der Waals surface area contributed by atoms with Crippen LogP contribution in [0.25, 0.3) is 10.9 Å². The molecule has 3 rings (SSSR count). The van der Waals surface area contributed by atoms with Gasteiger partial charge in [0, 0.05) is 29.2 Å². The molecule has 0 radical (unpaired) electrons. The second kappa shape index (κ2) is 8.26. The minimum Gasteiger partial charge on any atom is -0.406 e. The fourth-order valence-corrected chi connectivity index (χ4v) is 3.47. The summed E-state index contributed by atoms with van der Waals surface area (Å²) in [6, 6.07) is 11.3. The van der Waals surface area contributed by atoms with E-state index < -0.39 is 18.0 Å². The fraction of sp³-hybridized carbons (Fsp3) is 0.261. The lowest BCUT2D eigenvalue weighted by Crippen LogP contribution is -2.19. The second-order valence-corrected chi connectivity index (χ2v) is 7.33. The van der Waals surface area contributed by atoms with Crippen LogP contribution in [0.2, 0.25) is 0 Å². The summed E-state index contributed by atoms with van der Waals surface area (Å²) in [5.41, 5.74) is 3.50. The lowest BCUT2D eigenvalue weighted by molar-refractivity contribution is -0.274. The molecule has 1 amide bonds. The SMILES string of the molecule is C=CCn1c(C(=O)Nc2cccc(OC(F)(F)F)c2)c(C)c2cc(C(C)C)ccc21. The molecule has 2 aromatic carbocycles. The molecule has 0 fully saturated rings. The van der Waals surface area contributed by atoms with Crippen LogP contribution in [0.4, 0.5) is 18.9 Å². The third-order valence-electron chi connectivity index (χ3n) is 4.86. The van der Waals surface area contributed by atoms with Gasteiger partial charge in [0.05, 0.1) is 0 Å². The molecule has 1 N–H and O–H groups in total. The average Bonchev–Trinajstić information content (AvgIpc) is 2.92. The zero-order chi connectivity index (χ0) is 22.1. The highest BCUT2D eigenvalue weighted by molar-refractivity contribution is 6.08. The Kier molecular flexibility index (Phi) is 5.92. The predicted molar refractivity (Wildman–Crippen MR) is 112 cm³/mol. The highest BCUT2D eigenvalue weighted by Gasteiger charge is 2.31. The molecular formula is C23H23F3N2O2. The molecule has 0 aliphatic heterocycles. The van der Waals surface area contributed by atoms with Crippen molar-refractivity contribution in [1.82, 2.24) is 4.57 Å².